The number of carbonyl (C=O) groups is 1. The number of rotatable bonds is 6. The number of nitriles is 1. The number of aromatic nitrogens is 1. The molecule has 1 aromatic carbocycles. The Kier molecular flexibility index (Phi) is 6.41. The molecule has 0 N–H and O–H groups in total. The Morgan fingerprint density at radius 1 is 1.32 bits per heavy atom. The molecule has 0 spiro atoms. The zero-order valence-electron chi connectivity index (χ0n) is 19.0. The van der Waals surface area contributed by atoms with Crippen molar-refractivity contribution < 1.29 is 13.6 Å². The van der Waals surface area contributed by atoms with E-state index in [4.69, 9.17) is 13.8 Å². The van der Waals surface area contributed by atoms with Gasteiger partial charge in [-0.05, 0) is 67.7 Å². The molecule has 0 radical (unpaired) electrons. The van der Waals surface area contributed by atoms with Crippen LogP contribution in [0.2, 0.25) is 0 Å². The predicted octanol–water partition coefficient (Wildman–Crippen LogP) is 5.77. The summed E-state index contributed by atoms with van der Waals surface area (Å²) in [4.78, 5) is 20.2. The molecule has 0 bridgehead atoms. The van der Waals surface area contributed by atoms with Gasteiger partial charge >= 0.3 is 0 Å². The van der Waals surface area contributed by atoms with Crippen LogP contribution in [0.5, 0.6) is 0 Å². The standard InChI is InChI=1S/C27H25N3O3S/c1-18-24(29-27(33-18)19-5-2-3-6-19)17-34-25-14-22-16-30(11-10-20(22)13-21(25)15-28)26(31)9-8-23-7-4-12-32-23/h2-4,7-9,12-14,19H,5-6,10-11,16-17H2,1H3/b9-8+. The Morgan fingerprint density at radius 3 is 2.94 bits per heavy atom. The monoisotopic (exact) mass is 471 g/mol. The van der Waals surface area contributed by atoms with Crippen LogP contribution in [0.4, 0.5) is 0 Å². The molecule has 0 fully saturated rings. The summed E-state index contributed by atoms with van der Waals surface area (Å²) in [6, 6.07) is 9.98. The molecule has 1 aliphatic carbocycles. The van der Waals surface area contributed by atoms with Gasteiger partial charge in [0.05, 0.1) is 17.5 Å². The molecule has 172 valence electrons. The van der Waals surface area contributed by atoms with Crippen molar-refractivity contribution in [2.45, 2.75) is 49.3 Å². The Hall–Kier alpha value is -3.50. The number of aryl methyl sites for hydroxylation is 1. The molecule has 0 atom stereocenters. The number of allylic oxidation sites excluding steroid dienone is 2. The summed E-state index contributed by atoms with van der Waals surface area (Å²) in [5.74, 6) is 3.22. The van der Waals surface area contributed by atoms with E-state index >= 15 is 0 Å². The quantitative estimate of drug-likeness (QED) is 0.258. The smallest absolute Gasteiger partial charge is 0.246 e. The van der Waals surface area contributed by atoms with Crippen LogP contribution in [-0.2, 0) is 23.5 Å². The van der Waals surface area contributed by atoms with Gasteiger partial charge in [0, 0.05) is 35.7 Å². The largest absolute Gasteiger partial charge is 0.465 e. The fourth-order valence-electron chi connectivity index (χ4n) is 4.35. The maximum Gasteiger partial charge on any atom is 0.246 e. The topological polar surface area (TPSA) is 83.3 Å². The van der Waals surface area contributed by atoms with E-state index < -0.39 is 0 Å². The second-order valence-electron chi connectivity index (χ2n) is 8.57. The van der Waals surface area contributed by atoms with Gasteiger partial charge in [-0.15, -0.1) is 11.8 Å². The second kappa shape index (κ2) is 9.78. The maximum absolute atomic E-state index is 12.7. The lowest BCUT2D eigenvalue weighted by Crippen LogP contribution is -2.34. The van der Waals surface area contributed by atoms with E-state index in [-0.39, 0.29) is 5.91 Å². The van der Waals surface area contributed by atoms with Crippen LogP contribution in [0, 0.1) is 18.3 Å². The van der Waals surface area contributed by atoms with Crippen LogP contribution in [-0.4, -0.2) is 22.3 Å². The van der Waals surface area contributed by atoms with E-state index in [0.29, 0.717) is 36.1 Å². The molecule has 0 saturated carbocycles. The van der Waals surface area contributed by atoms with Crippen molar-refractivity contribution >= 4 is 23.7 Å². The average Bonchev–Trinajstić information content (AvgIpc) is 3.63. The van der Waals surface area contributed by atoms with Crippen molar-refractivity contribution in [3.8, 4) is 6.07 Å². The number of thioether (sulfide) groups is 1. The summed E-state index contributed by atoms with van der Waals surface area (Å²) in [5, 5.41) is 9.73. The van der Waals surface area contributed by atoms with Gasteiger partial charge in [-0.3, -0.25) is 4.79 Å². The fourth-order valence-corrected chi connectivity index (χ4v) is 5.40. The van der Waals surface area contributed by atoms with E-state index in [0.717, 1.165) is 52.6 Å². The highest BCUT2D eigenvalue weighted by atomic mass is 32.2. The van der Waals surface area contributed by atoms with Crippen LogP contribution < -0.4 is 0 Å². The number of oxazole rings is 1. The molecule has 2 aromatic heterocycles. The number of benzene rings is 1. The number of nitrogens with zero attached hydrogens (tertiary/aromatic N) is 3. The molecule has 0 saturated heterocycles. The third-order valence-corrected chi connectivity index (χ3v) is 7.38. The molecule has 5 rings (SSSR count). The van der Waals surface area contributed by atoms with Gasteiger partial charge < -0.3 is 13.7 Å². The number of furan rings is 1. The maximum atomic E-state index is 12.7. The first-order valence-corrected chi connectivity index (χ1v) is 12.4. The molecule has 6 nitrogen and oxygen atoms in total. The summed E-state index contributed by atoms with van der Waals surface area (Å²) < 4.78 is 11.2. The third-order valence-electron chi connectivity index (χ3n) is 6.31. The summed E-state index contributed by atoms with van der Waals surface area (Å²) in [5.41, 5.74) is 3.81. The van der Waals surface area contributed by atoms with E-state index in [1.807, 2.05) is 24.0 Å². The van der Waals surface area contributed by atoms with E-state index in [2.05, 4.69) is 24.3 Å². The zero-order chi connectivity index (χ0) is 23.5. The Labute approximate surface area is 203 Å². The normalized spacial score (nSPS) is 15.7. The fraction of sp³-hybridized carbons (Fsp3) is 0.296. The first-order valence-electron chi connectivity index (χ1n) is 11.4. The van der Waals surface area contributed by atoms with E-state index in [1.54, 1.807) is 36.2 Å². The van der Waals surface area contributed by atoms with Gasteiger partial charge in [0.25, 0.3) is 0 Å². The molecule has 7 heteroatoms. The molecule has 1 aliphatic heterocycles. The molecule has 3 heterocycles. The van der Waals surface area contributed by atoms with E-state index in [1.165, 1.54) is 0 Å². The summed E-state index contributed by atoms with van der Waals surface area (Å²) >= 11 is 1.60. The van der Waals surface area contributed by atoms with E-state index in [9.17, 15) is 10.1 Å². The minimum Gasteiger partial charge on any atom is -0.465 e. The summed E-state index contributed by atoms with van der Waals surface area (Å²) in [7, 11) is 0. The molecular weight excluding hydrogens is 446 g/mol. The molecule has 0 unspecified atom stereocenters. The first-order chi connectivity index (χ1) is 16.6. The average molecular weight is 472 g/mol. The van der Waals surface area contributed by atoms with Crippen molar-refractivity contribution in [3.63, 3.8) is 0 Å². The van der Waals surface area contributed by atoms with Crippen molar-refractivity contribution in [1.82, 2.24) is 9.88 Å². The molecule has 3 aromatic rings. The van der Waals surface area contributed by atoms with Gasteiger partial charge in [-0.2, -0.15) is 5.26 Å². The second-order valence-corrected chi connectivity index (χ2v) is 9.59. The Morgan fingerprint density at radius 2 is 2.18 bits per heavy atom. The van der Waals surface area contributed by atoms with Crippen LogP contribution in [0.25, 0.3) is 6.08 Å². The third kappa shape index (κ3) is 4.73. The highest BCUT2D eigenvalue weighted by Crippen LogP contribution is 2.34. The van der Waals surface area contributed by atoms with Gasteiger partial charge in [-0.25, -0.2) is 4.98 Å². The van der Waals surface area contributed by atoms with Crippen LogP contribution in [0.15, 0.2) is 62.5 Å². The molecule has 1 amide bonds. The lowest BCUT2D eigenvalue weighted by Gasteiger charge is -2.28. The lowest BCUT2D eigenvalue weighted by atomic mass is 9.97. The molecule has 34 heavy (non-hydrogen) atoms. The Balaban J connectivity index is 1.29. The highest BCUT2D eigenvalue weighted by Gasteiger charge is 2.23. The van der Waals surface area contributed by atoms with Gasteiger partial charge in [0.2, 0.25) is 5.91 Å². The number of hydrogen-bond acceptors (Lipinski definition) is 6. The highest BCUT2D eigenvalue weighted by molar-refractivity contribution is 7.98. The minimum absolute atomic E-state index is 0.0484. The van der Waals surface area contributed by atoms with Crippen molar-refractivity contribution in [1.29, 1.82) is 5.26 Å². The first kappa shape index (κ1) is 22.3. The van der Waals surface area contributed by atoms with Crippen molar-refractivity contribution in [2.24, 2.45) is 0 Å². The lowest BCUT2D eigenvalue weighted by molar-refractivity contribution is -0.126. The van der Waals surface area contributed by atoms with Gasteiger partial charge in [0.15, 0.2) is 5.89 Å². The van der Waals surface area contributed by atoms with Crippen LogP contribution >= 0.6 is 11.8 Å². The van der Waals surface area contributed by atoms with Crippen LogP contribution in [0.3, 0.4) is 0 Å². The summed E-state index contributed by atoms with van der Waals surface area (Å²) in [6.07, 6.45) is 11.8. The van der Waals surface area contributed by atoms with Crippen molar-refractivity contribution in [3.05, 3.63) is 88.6 Å². The van der Waals surface area contributed by atoms with Crippen LogP contribution in [0.1, 0.15) is 58.6 Å². The van der Waals surface area contributed by atoms with Gasteiger partial charge in [-0.1, -0.05) is 12.2 Å². The Bertz CT molecular complexity index is 1290. The minimum atomic E-state index is -0.0484. The van der Waals surface area contributed by atoms with Crippen molar-refractivity contribution in [2.75, 3.05) is 6.54 Å². The number of fused-ring (bicyclic) bond motifs is 1. The molecular formula is C27H25N3O3S. The SMILES string of the molecule is Cc1oc(C2CC=CC2)nc1CSc1cc2c(cc1C#N)CCN(C(=O)/C=C/c1ccco1)C2. The summed E-state index contributed by atoms with van der Waals surface area (Å²) in [6.45, 7) is 3.10. The number of amides is 1. The molecule has 2 aliphatic rings. The predicted molar refractivity (Wildman–Crippen MR) is 130 cm³/mol. The zero-order valence-corrected chi connectivity index (χ0v) is 19.8. The number of hydrogen-bond donors (Lipinski definition) is 0. The number of carbonyl (C=O) groups excluding carboxylic acids is 1. The van der Waals surface area contributed by atoms with Gasteiger partial charge in [0.1, 0.15) is 17.6 Å².